The number of rotatable bonds is 2. The van der Waals surface area contributed by atoms with E-state index in [1.54, 1.807) is 17.4 Å². The monoisotopic (exact) mass is 236 g/mol. The molecule has 1 aliphatic rings. The summed E-state index contributed by atoms with van der Waals surface area (Å²) < 4.78 is 14.1. The van der Waals surface area contributed by atoms with Gasteiger partial charge in [0.05, 0.1) is 6.10 Å². The number of hydrogen-bond donors (Lipinski definition) is 1. The predicted molar refractivity (Wildman–Crippen MR) is 64.1 cm³/mol. The third-order valence-corrected chi connectivity index (χ3v) is 4.57. The maximum atomic E-state index is 13.0. The Labute approximate surface area is 97.5 Å². The number of fused-ring (bicyclic) bond motifs is 1. The molecular weight excluding hydrogens is 223 g/mol. The van der Waals surface area contributed by atoms with Crippen LogP contribution in [0.25, 0.3) is 10.1 Å². The second-order valence-electron chi connectivity index (χ2n) is 4.47. The highest BCUT2D eigenvalue weighted by Crippen LogP contribution is 2.41. The summed E-state index contributed by atoms with van der Waals surface area (Å²) in [4.78, 5) is 0.977. The van der Waals surface area contributed by atoms with Gasteiger partial charge in [-0.15, -0.1) is 11.3 Å². The van der Waals surface area contributed by atoms with Gasteiger partial charge in [-0.05, 0) is 48.4 Å². The maximum absolute atomic E-state index is 13.0. The molecule has 84 valence electrons. The molecule has 2 aromatic rings. The van der Waals surface area contributed by atoms with E-state index in [2.05, 4.69) is 0 Å². The van der Waals surface area contributed by atoms with Crippen LogP contribution in [0.4, 0.5) is 4.39 Å². The van der Waals surface area contributed by atoms with Crippen LogP contribution in [0, 0.1) is 11.7 Å². The molecule has 1 N–H and O–H groups in total. The van der Waals surface area contributed by atoms with Gasteiger partial charge in [-0.25, -0.2) is 4.39 Å². The first-order valence-corrected chi connectivity index (χ1v) is 6.43. The van der Waals surface area contributed by atoms with E-state index < -0.39 is 0 Å². The molecule has 1 aromatic carbocycles. The van der Waals surface area contributed by atoms with Gasteiger partial charge in [-0.1, -0.05) is 6.42 Å². The summed E-state index contributed by atoms with van der Waals surface area (Å²) in [6, 6.07) is 6.71. The van der Waals surface area contributed by atoms with Crippen LogP contribution in [-0.2, 0) is 0 Å². The smallest absolute Gasteiger partial charge is 0.123 e. The molecule has 1 saturated carbocycles. The first-order valence-electron chi connectivity index (χ1n) is 5.61. The van der Waals surface area contributed by atoms with Crippen molar-refractivity contribution in [1.29, 1.82) is 0 Å². The molecular formula is C13H13FOS. The lowest BCUT2D eigenvalue weighted by Crippen LogP contribution is -2.19. The van der Waals surface area contributed by atoms with Gasteiger partial charge in [0.15, 0.2) is 0 Å². The Morgan fingerprint density at radius 2 is 2.12 bits per heavy atom. The average Bonchev–Trinajstić information content (AvgIpc) is 2.57. The van der Waals surface area contributed by atoms with Gasteiger partial charge < -0.3 is 5.11 Å². The average molecular weight is 236 g/mol. The summed E-state index contributed by atoms with van der Waals surface area (Å²) in [6.45, 7) is 0. The standard InChI is InChI=1S/C13H13FOS/c14-10-4-5-11-9(6-10)7-12(16-11)13(15)8-2-1-3-8/h4-8,13,15H,1-3H2. The van der Waals surface area contributed by atoms with Gasteiger partial charge in [-0.2, -0.15) is 0 Å². The second-order valence-corrected chi connectivity index (χ2v) is 5.58. The van der Waals surface area contributed by atoms with Crippen LogP contribution in [0.1, 0.15) is 30.2 Å². The van der Waals surface area contributed by atoms with E-state index in [9.17, 15) is 9.50 Å². The molecule has 0 bridgehead atoms. The normalized spacial score (nSPS) is 18.6. The molecule has 1 heterocycles. The lowest BCUT2D eigenvalue weighted by molar-refractivity contribution is 0.0650. The van der Waals surface area contributed by atoms with E-state index in [-0.39, 0.29) is 11.9 Å². The number of thiophene rings is 1. The van der Waals surface area contributed by atoms with Crippen molar-refractivity contribution in [2.45, 2.75) is 25.4 Å². The van der Waals surface area contributed by atoms with Crippen molar-refractivity contribution in [3.05, 3.63) is 35.0 Å². The molecule has 3 heteroatoms. The fourth-order valence-electron chi connectivity index (χ4n) is 2.17. The fraction of sp³-hybridized carbons (Fsp3) is 0.385. The molecule has 1 aliphatic carbocycles. The fourth-order valence-corrected chi connectivity index (χ4v) is 3.29. The van der Waals surface area contributed by atoms with E-state index in [1.807, 2.05) is 6.07 Å². The van der Waals surface area contributed by atoms with Gasteiger partial charge in [0.2, 0.25) is 0 Å². The highest BCUT2D eigenvalue weighted by molar-refractivity contribution is 7.19. The zero-order valence-electron chi connectivity index (χ0n) is 8.82. The van der Waals surface area contributed by atoms with Crippen molar-refractivity contribution in [2.24, 2.45) is 5.92 Å². The van der Waals surface area contributed by atoms with E-state index >= 15 is 0 Å². The summed E-state index contributed by atoms with van der Waals surface area (Å²) in [6.07, 6.45) is 3.10. The van der Waals surface area contributed by atoms with Crippen molar-refractivity contribution >= 4 is 21.4 Å². The van der Waals surface area contributed by atoms with Crippen LogP contribution in [0.5, 0.6) is 0 Å². The molecule has 0 radical (unpaired) electrons. The third kappa shape index (κ3) is 1.64. The Morgan fingerprint density at radius 3 is 2.81 bits per heavy atom. The minimum absolute atomic E-state index is 0.213. The Kier molecular flexibility index (Phi) is 2.45. The van der Waals surface area contributed by atoms with Crippen molar-refractivity contribution in [1.82, 2.24) is 0 Å². The highest BCUT2D eigenvalue weighted by atomic mass is 32.1. The van der Waals surface area contributed by atoms with E-state index in [0.29, 0.717) is 5.92 Å². The van der Waals surface area contributed by atoms with Crippen LogP contribution < -0.4 is 0 Å². The third-order valence-electron chi connectivity index (χ3n) is 3.39. The molecule has 1 aromatic heterocycles. The molecule has 16 heavy (non-hydrogen) atoms. The largest absolute Gasteiger partial charge is 0.387 e. The summed E-state index contributed by atoms with van der Waals surface area (Å²) in [5, 5.41) is 11.0. The Morgan fingerprint density at radius 1 is 1.31 bits per heavy atom. The van der Waals surface area contributed by atoms with Gasteiger partial charge in [0.1, 0.15) is 5.82 Å². The summed E-state index contributed by atoms with van der Waals surface area (Å²) >= 11 is 1.57. The molecule has 3 rings (SSSR count). The number of hydrogen-bond acceptors (Lipinski definition) is 2. The Bertz CT molecular complexity index is 516. The zero-order valence-corrected chi connectivity index (χ0v) is 9.64. The SMILES string of the molecule is OC(c1cc2cc(F)ccc2s1)C1CCC1. The lowest BCUT2D eigenvalue weighted by Gasteiger charge is -2.29. The maximum Gasteiger partial charge on any atom is 0.123 e. The number of aliphatic hydroxyl groups is 1. The summed E-state index contributed by atoms with van der Waals surface area (Å²) in [5.41, 5.74) is 0. The zero-order chi connectivity index (χ0) is 11.1. The van der Waals surface area contributed by atoms with Gasteiger partial charge in [-0.3, -0.25) is 0 Å². The summed E-state index contributed by atoms with van der Waals surface area (Å²) in [5.74, 6) is 0.202. The molecule has 0 saturated heterocycles. The van der Waals surface area contributed by atoms with Gasteiger partial charge >= 0.3 is 0 Å². The van der Waals surface area contributed by atoms with Crippen LogP contribution in [0.3, 0.4) is 0 Å². The molecule has 1 unspecified atom stereocenters. The van der Waals surface area contributed by atoms with Gasteiger partial charge in [0, 0.05) is 9.58 Å². The van der Waals surface area contributed by atoms with Crippen LogP contribution >= 0.6 is 11.3 Å². The van der Waals surface area contributed by atoms with E-state index in [0.717, 1.165) is 27.8 Å². The first kappa shape index (κ1) is 10.2. The second kappa shape index (κ2) is 3.82. The highest BCUT2D eigenvalue weighted by Gasteiger charge is 2.27. The van der Waals surface area contributed by atoms with Crippen molar-refractivity contribution < 1.29 is 9.50 Å². The van der Waals surface area contributed by atoms with Crippen molar-refractivity contribution in [3.8, 4) is 0 Å². The van der Waals surface area contributed by atoms with Crippen molar-refractivity contribution in [2.75, 3.05) is 0 Å². The van der Waals surface area contributed by atoms with Crippen molar-refractivity contribution in [3.63, 3.8) is 0 Å². The predicted octanol–water partition coefficient (Wildman–Crippen LogP) is 3.87. The molecule has 0 amide bonds. The number of aliphatic hydroxyl groups excluding tert-OH is 1. The number of benzene rings is 1. The lowest BCUT2D eigenvalue weighted by atomic mass is 9.80. The van der Waals surface area contributed by atoms with Crippen LogP contribution in [-0.4, -0.2) is 5.11 Å². The van der Waals surface area contributed by atoms with Crippen LogP contribution in [0.2, 0.25) is 0 Å². The minimum atomic E-state index is -0.353. The molecule has 0 spiro atoms. The molecule has 1 atom stereocenters. The Balaban J connectivity index is 1.97. The van der Waals surface area contributed by atoms with Crippen LogP contribution in [0.15, 0.2) is 24.3 Å². The minimum Gasteiger partial charge on any atom is -0.387 e. The molecule has 1 nitrogen and oxygen atoms in total. The molecule has 0 aliphatic heterocycles. The van der Waals surface area contributed by atoms with Gasteiger partial charge in [0.25, 0.3) is 0 Å². The first-order chi connectivity index (χ1) is 7.74. The topological polar surface area (TPSA) is 20.2 Å². The number of halogens is 1. The van der Waals surface area contributed by atoms with E-state index in [4.69, 9.17) is 0 Å². The quantitative estimate of drug-likeness (QED) is 0.839. The summed E-state index contributed by atoms with van der Waals surface area (Å²) in [7, 11) is 0. The Hall–Kier alpha value is -0.930. The van der Waals surface area contributed by atoms with E-state index in [1.165, 1.54) is 18.6 Å². The molecule has 1 fully saturated rings.